The van der Waals surface area contributed by atoms with Crippen molar-refractivity contribution < 1.29 is 52.5 Å². The lowest BCUT2D eigenvalue weighted by Gasteiger charge is -2.26. The summed E-state index contributed by atoms with van der Waals surface area (Å²) in [6.07, 6.45) is -2.32. The molecule has 0 spiro atoms. The molecule has 1 saturated heterocycles. The van der Waals surface area contributed by atoms with E-state index >= 15 is 0 Å². The molecule has 0 aromatic carbocycles. The van der Waals surface area contributed by atoms with Crippen LogP contribution in [-0.2, 0) is 52.5 Å². The van der Waals surface area contributed by atoms with Gasteiger partial charge < -0.3 is 23.7 Å². The molecule has 2 heterocycles. The Bertz CT molecular complexity index is 1040. The number of fused-ring (bicyclic) bond motifs is 3. The number of rotatable bonds is 6. The summed E-state index contributed by atoms with van der Waals surface area (Å²) in [5.74, 6) is -4.25. The Balaban J connectivity index is 1.99. The van der Waals surface area contributed by atoms with Crippen molar-refractivity contribution in [3.05, 3.63) is 22.8 Å². The average molecular weight is 492 g/mol. The fraction of sp³-hybridized carbons (Fsp3) is 0.583. The average Bonchev–Trinajstić information content (AvgIpc) is 3.34. The Morgan fingerprint density at radius 1 is 1.09 bits per heavy atom. The van der Waals surface area contributed by atoms with E-state index in [2.05, 4.69) is 0 Å². The minimum Gasteiger partial charge on any atom is -0.461 e. The normalized spacial score (nSPS) is 30.7. The maximum absolute atomic E-state index is 12.7. The van der Waals surface area contributed by atoms with Gasteiger partial charge in [-0.3, -0.25) is 19.2 Å². The quantitative estimate of drug-likeness (QED) is 0.171. The lowest BCUT2D eigenvalue weighted by molar-refractivity contribution is -0.145. The van der Waals surface area contributed by atoms with Gasteiger partial charge in [-0.2, -0.15) is 0 Å². The molecular weight excluding hydrogens is 464 g/mol. The molecule has 0 aromatic heterocycles. The Morgan fingerprint density at radius 2 is 1.74 bits per heavy atom. The molecule has 2 aliphatic heterocycles. The van der Waals surface area contributed by atoms with Crippen molar-refractivity contribution in [2.75, 3.05) is 13.2 Å². The molecule has 35 heavy (non-hydrogen) atoms. The molecular formula is C24H28O11. The minimum atomic E-state index is -1.34. The van der Waals surface area contributed by atoms with E-state index < -0.39 is 66.1 Å². The number of carbonyl (C=O) groups excluding carboxylic acids is 6. The zero-order valence-corrected chi connectivity index (χ0v) is 20.2. The van der Waals surface area contributed by atoms with E-state index in [-0.39, 0.29) is 36.4 Å². The number of hydrogen-bond donors (Lipinski definition) is 0. The van der Waals surface area contributed by atoms with E-state index in [0.29, 0.717) is 5.57 Å². The van der Waals surface area contributed by atoms with Crippen LogP contribution in [-0.4, -0.2) is 72.6 Å². The molecule has 0 unspecified atom stereocenters. The van der Waals surface area contributed by atoms with Crippen LogP contribution in [0.15, 0.2) is 22.8 Å². The standard InChI is InChI=1S/C24H28O11/c1-11(9-31-13(3)25)6-19(29)33-17-7-12(2)16(27)8-18(28)24(5)22(35-24)21-20(17)15(23(30)34-21)10-32-14(4)26/h6,12,17,21-22H,7-10H2,1-5H3/b11-6-/t12-,17-,21-,22-,24-/m1/s1. The maximum Gasteiger partial charge on any atom is 0.338 e. The van der Waals surface area contributed by atoms with Gasteiger partial charge in [-0.25, -0.2) is 9.59 Å². The first-order chi connectivity index (χ1) is 16.3. The minimum absolute atomic E-state index is 0.0332. The van der Waals surface area contributed by atoms with Gasteiger partial charge in [0.05, 0.1) is 12.0 Å². The van der Waals surface area contributed by atoms with Crippen LogP contribution in [0.3, 0.4) is 0 Å². The molecule has 11 nitrogen and oxygen atoms in total. The van der Waals surface area contributed by atoms with Gasteiger partial charge in [-0.05, 0) is 25.8 Å². The predicted molar refractivity (Wildman–Crippen MR) is 115 cm³/mol. The van der Waals surface area contributed by atoms with Gasteiger partial charge in [0.15, 0.2) is 17.5 Å². The van der Waals surface area contributed by atoms with Crippen LogP contribution >= 0.6 is 0 Å². The molecule has 1 saturated carbocycles. The molecule has 0 aromatic rings. The second-order valence-corrected chi connectivity index (χ2v) is 9.09. The Morgan fingerprint density at radius 3 is 2.37 bits per heavy atom. The van der Waals surface area contributed by atoms with Crippen LogP contribution in [0.5, 0.6) is 0 Å². The summed E-state index contributed by atoms with van der Waals surface area (Å²) in [6, 6.07) is 0. The second kappa shape index (κ2) is 10.1. The highest BCUT2D eigenvalue weighted by Gasteiger charge is 2.66. The smallest absolute Gasteiger partial charge is 0.338 e. The number of hydrogen-bond acceptors (Lipinski definition) is 11. The predicted octanol–water partition coefficient (Wildman–Crippen LogP) is 0.918. The first kappa shape index (κ1) is 26.3. The van der Waals surface area contributed by atoms with Gasteiger partial charge >= 0.3 is 23.9 Å². The van der Waals surface area contributed by atoms with E-state index in [9.17, 15) is 28.8 Å². The molecule has 0 amide bonds. The lowest BCUT2D eigenvalue weighted by Crippen LogP contribution is -2.39. The van der Waals surface area contributed by atoms with E-state index in [0.717, 1.165) is 6.08 Å². The van der Waals surface area contributed by atoms with Crippen molar-refractivity contribution in [3.8, 4) is 0 Å². The molecule has 0 radical (unpaired) electrons. The highest BCUT2D eigenvalue weighted by Crippen LogP contribution is 2.48. The molecule has 5 atom stereocenters. The maximum atomic E-state index is 12.7. The Hall–Kier alpha value is -3.34. The van der Waals surface area contributed by atoms with Gasteiger partial charge in [-0.15, -0.1) is 0 Å². The number of ketones is 2. The summed E-state index contributed by atoms with van der Waals surface area (Å²) in [5.41, 5.74) is -0.773. The summed E-state index contributed by atoms with van der Waals surface area (Å²) < 4.78 is 26.7. The molecule has 11 heteroatoms. The molecule has 2 fully saturated rings. The largest absolute Gasteiger partial charge is 0.461 e. The zero-order chi connectivity index (χ0) is 26.1. The van der Waals surface area contributed by atoms with Crippen molar-refractivity contribution in [2.24, 2.45) is 5.92 Å². The number of carbonyl (C=O) groups is 6. The van der Waals surface area contributed by atoms with Crippen LogP contribution in [0.4, 0.5) is 0 Å². The summed E-state index contributed by atoms with van der Waals surface area (Å²) in [6.45, 7) is 6.51. The summed E-state index contributed by atoms with van der Waals surface area (Å²) in [7, 11) is 0. The number of Topliss-reactive ketones (excluding diaryl/α,β-unsaturated/α-hetero) is 2. The topological polar surface area (TPSA) is 152 Å². The van der Waals surface area contributed by atoms with Crippen LogP contribution in [0.1, 0.15) is 47.5 Å². The first-order valence-electron chi connectivity index (χ1n) is 11.2. The van der Waals surface area contributed by atoms with Crippen molar-refractivity contribution in [1.82, 2.24) is 0 Å². The number of ether oxygens (including phenoxy) is 5. The summed E-state index contributed by atoms with van der Waals surface area (Å²) >= 11 is 0. The van der Waals surface area contributed by atoms with E-state index in [1.807, 2.05) is 0 Å². The highest BCUT2D eigenvalue weighted by molar-refractivity contribution is 6.05. The van der Waals surface area contributed by atoms with E-state index in [1.165, 1.54) is 20.8 Å². The third-order valence-electron chi connectivity index (χ3n) is 6.17. The Labute approximate surface area is 201 Å². The van der Waals surface area contributed by atoms with Crippen LogP contribution < -0.4 is 0 Å². The molecule has 1 aliphatic carbocycles. The third kappa shape index (κ3) is 5.84. The number of esters is 4. The van der Waals surface area contributed by atoms with Crippen molar-refractivity contribution >= 4 is 35.4 Å². The lowest BCUT2D eigenvalue weighted by atomic mass is 9.82. The SMILES string of the molecule is CC(=O)OCC1=C2[C@@H](OC1=O)[C@H]1O[C@]1(C)C(=O)CC(=O)[C@H](C)C[C@H]2OC(=O)/C=C(/C)COC(C)=O. The fourth-order valence-corrected chi connectivity index (χ4v) is 4.09. The highest BCUT2D eigenvalue weighted by atomic mass is 16.7. The van der Waals surface area contributed by atoms with Crippen LogP contribution in [0, 0.1) is 5.92 Å². The third-order valence-corrected chi connectivity index (χ3v) is 6.17. The summed E-state index contributed by atoms with van der Waals surface area (Å²) in [4.78, 5) is 73.3. The molecule has 3 aliphatic rings. The second-order valence-electron chi connectivity index (χ2n) is 9.09. The molecule has 190 valence electrons. The molecule has 0 bridgehead atoms. The van der Waals surface area contributed by atoms with E-state index in [4.69, 9.17) is 23.7 Å². The van der Waals surface area contributed by atoms with Gasteiger partial charge in [-0.1, -0.05) is 6.92 Å². The van der Waals surface area contributed by atoms with Gasteiger partial charge in [0.2, 0.25) is 0 Å². The molecule has 3 rings (SSSR count). The Kier molecular flexibility index (Phi) is 7.59. The van der Waals surface area contributed by atoms with Crippen molar-refractivity contribution in [2.45, 2.75) is 71.4 Å². The van der Waals surface area contributed by atoms with Crippen LogP contribution in [0.2, 0.25) is 0 Å². The van der Waals surface area contributed by atoms with Crippen LogP contribution in [0.25, 0.3) is 0 Å². The zero-order valence-electron chi connectivity index (χ0n) is 20.2. The van der Waals surface area contributed by atoms with Gasteiger partial charge in [0.1, 0.15) is 31.2 Å². The molecule has 0 N–H and O–H groups in total. The van der Waals surface area contributed by atoms with Crippen molar-refractivity contribution in [1.29, 1.82) is 0 Å². The van der Waals surface area contributed by atoms with Gasteiger partial charge in [0.25, 0.3) is 0 Å². The number of epoxide rings is 1. The van der Waals surface area contributed by atoms with Crippen molar-refractivity contribution in [3.63, 3.8) is 0 Å². The van der Waals surface area contributed by atoms with Gasteiger partial charge in [0, 0.05) is 31.4 Å². The first-order valence-corrected chi connectivity index (χ1v) is 11.2. The fourth-order valence-electron chi connectivity index (χ4n) is 4.09. The summed E-state index contributed by atoms with van der Waals surface area (Å²) in [5, 5.41) is 0. The monoisotopic (exact) mass is 492 g/mol. The van der Waals surface area contributed by atoms with E-state index in [1.54, 1.807) is 13.8 Å².